The van der Waals surface area contributed by atoms with Crippen LogP contribution in [-0.2, 0) is 9.63 Å². The van der Waals surface area contributed by atoms with Crippen LogP contribution in [0.3, 0.4) is 0 Å². The quantitative estimate of drug-likeness (QED) is 0.351. The van der Waals surface area contributed by atoms with Crippen molar-refractivity contribution in [3.63, 3.8) is 0 Å². The van der Waals surface area contributed by atoms with Gasteiger partial charge in [0.05, 0.1) is 0 Å². The molecule has 0 spiro atoms. The molecular weight excluding hydrogens is 248 g/mol. The highest BCUT2D eigenvalue weighted by Crippen LogP contribution is 2.23. The average Bonchev–Trinajstić information content (AvgIpc) is 2.73. The van der Waals surface area contributed by atoms with Gasteiger partial charge < -0.3 is 9.94 Å². The molecule has 0 fully saturated rings. The van der Waals surface area contributed by atoms with E-state index in [1.807, 2.05) is 0 Å². The minimum Gasteiger partial charge on any atom is -0.480 e. The molecule has 1 rings (SSSR count). The molecule has 0 saturated heterocycles. The number of rotatable bonds is 5. The predicted molar refractivity (Wildman–Crippen MR) is 68.4 cm³/mol. The minimum atomic E-state index is -0.909. The number of nitrogens with zero attached hydrogens (tertiary/aromatic N) is 2. The lowest BCUT2D eigenvalue weighted by atomic mass is 10.4. The second-order valence-corrected chi connectivity index (χ2v) is 4.80. The summed E-state index contributed by atoms with van der Waals surface area (Å²) in [5, 5.41) is 13.9. The van der Waals surface area contributed by atoms with Crippen molar-refractivity contribution in [2.45, 2.75) is 6.04 Å². The number of carbonyl (C=O) groups is 1. The normalized spacial score (nSPS) is 20.4. The van der Waals surface area contributed by atoms with E-state index in [-0.39, 0.29) is 0 Å². The van der Waals surface area contributed by atoms with E-state index < -0.39 is 12.0 Å². The van der Waals surface area contributed by atoms with Gasteiger partial charge in [-0.2, -0.15) is 0 Å². The van der Waals surface area contributed by atoms with Gasteiger partial charge in [0.2, 0.25) is 0 Å². The lowest BCUT2D eigenvalue weighted by molar-refractivity contribution is -0.137. The van der Waals surface area contributed by atoms with E-state index in [1.165, 1.54) is 30.6 Å². The van der Waals surface area contributed by atoms with Gasteiger partial charge in [0.1, 0.15) is 12.2 Å². The number of aliphatic imine (C=N–C) groups is 1. The maximum absolute atomic E-state index is 10.7. The lowest BCUT2D eigenvalue weighted by Gasteiger charge is -2.01. The van der Waals surface area contributed by atoms with Gasteiger partial charge >= 0.3 is 5.97 Å². The van der Waals surface area contributed by atoms with Crippen LogP contribution in [0.15, 0.2) is 22.8 Å². The molecule has 1 atom stereocenters. The summed E-state index contributed by atoms with van der Waals surface area (Å²) in [5.74, 6) is 0.217. The molecule has 0 aliphatic carbocycles. The molecule has 7 heteroatoms. The molecule has 0 aromatic carbocycles. The van der Waals surface area contributed by atoms with E-state index in [9.17, 15) is 4.79 Å². The van der Waals surface area contributed by atoms with E-state index in [0.717, 1.165) is 0 Å². The van der Waals surface area contributed by atoms with Gasteiger partial charge in [-0.3, -0.25) is 4.99 Å². The maximum Gasteiger partial charge on any atom is 0.329 e. The van der Waals surface area contributed by atoms with Crippen LogP contribution in [0.2, 0.25) is 0 Å². The predicted octanol–water partition coefficient (Wildman–Crippen LogP) is 1.46. The second kappa shape index (κ2) is 6.59. The average molecular weight is 260 g/mol. The van der Waals surface area contributed by atoms with E-state index >= 15 is 0 Å². The Morgan fingerprint density at radius 1 is 1.94 bits per heavy atom. The molecule has 1 aliphatic rings. The van der Waals surface area contributed by atoms with Crippen molar-refractivity contribution >= 4 is 39.6 Å². The Morgan fingerprint density at radius 2 is 2.69 bits per heavy atom. The number of carboxylic acid groups (broad SMARTS) is 1. The van der Waals surface area contributed by atoms with Crippen molar-refractivity contribution in [1.29, 1.82) is 0 Å². The van der Waals surface area contributed by atoms with Crippen molar-refractivity contribution in [2.75, 3.05) is 18.6 Å². The molecule has 0 bridgehead atoms. The number of carboxylic acids is 1. The smallest absolute Gasteiger partial charge is 0.329 e. The van der Waals surface area contributed by atoms with Crippen molar-refractivity contribution in [3.8, 4) is 0 Å². The van der Waals surface area contributed by atoms with Crippen LogP contribution in [-0.4, -0.2) is 45.8 Å². The SMILES string of the molecule is C=CCS/C(=N\OC)C1=N[C@@H](C(=O)O)CS1. The molecule has 0 unspecified atom stereocenters. The van der Waals surface area contributed by atoms with Crippen LogP contribution in [0.25, 0.3) is 0 Å². The molecule has 0 saturated carbocycles. The Kier molecular flexibility index (Phi) is 5.41. The Bertz CT molecular complexity index is 342. The third kappa shape index (κ3) is 3.57. The zero-order valence-electron chi connectivity index (χ0n) is 8.75. The summed E-state index contributed by atoms with van der Waals surface area (Å²) >= 11 is 2.80. The monoisotopic (exact) mass is 260 g/mol. The molecule has 0 radical (unpaired) electrons. The first-order chi connectivity index (χ1) is 7.69. The van der Waals surface area contributed by atoms with Crippen molar-refractivity contribution in [1.82, 2.24) is 0 Å². The minimum absolute atomic E-state index is 0.446. The topological polar surface area (TPSA) is 71.2 Å². The van der Waals surface area contributed by atoms with Gasteiger partial charge in [0.15, 0.2) is 11.1 Å². The largest absolute Gasteiger partial charge is 0.480 e. The summed E-state index contributed by atoms with van der Waals surface area (Å²) in [6, 6.07) is -0.675. The van der Waals surface area contributed by atoms with Gasteiger partial charge in [-0.1, -0.05) is 23.0 Å². The van der Waals surface area contributed by atoms with E-state index in [2.05, 4.69) is 16.7 Å². The first-order valence-electron chi connectivity index (χ1n) is 4.47. The summed E-state index contributed by atoms with van der Waals surface area (Å²) in [6.07, 6.45) is 1.74. The number of aliphatic carboxylic acids is 1. The number of hydrogen-bond acceptors (Lipinski definition) is 6. The fraction of sp³-hybridized carbons (Fsp3) is 0.444. The Balaban J connectivity index is 2.72. The Morgan fingerprint density at radius 3 is 3.19 bits per heavy atom. The molecule has 1 heterocycles. The first kappa shape index (κ1) is 13.1. The summed E-state index contributed by atoms with van der Waals surface area (Å²) in [4.78, 5) is 19.5. The van der Waals surface area contributed by atoms with Crippen LogP contribution < -0.4 is 0 Å². The third-order valence-corrected chi connectivity index (χ3v) is 3.76. The highest BCUT2D eigenvalue weighted by molar-refractivity contribution is 8.25. The summed E-state index contributed by atoms with van der Waals surface area (Å²) in [5.41, 5.74) is 0. The van der Waals surface area contributed by atoms with Gasteiger partial charge in [0.25, 0.3) is 0 Å². The number of hydrogen-bond donors (Lipinski definition) is 1. The molecule has 0 aromatic rings. The van der Waals surface area contributed by atoms with Crippen LogP contribution in [0, 0.1) is 0 Å². The Labute approximate surface area is 102 Å². The third-order valence-electron chi connectivity index (χ3n) is 1.63. The summed E-state index contributed by atoms with van der Waals surface area (Å²) < 4.78 is 0. The second-order valence-electron chi connectivity index (χ2n) is 2.78. The summed E-state index contributed by atoms with van der Waals surface area (Å²) in [7, 11) is 1.45. The van der Waals surface area contributed by atoms with Crippen molar-refractivity contribution < 1.29 is 14.7 Å². The van der Waals surface area contributed by atoms with Crippen LogP contribution >= 0.6 is 23.5 Å². The van der Waals surface area contributed by atoms with E-state index in [0.29, 0.717) is 21.6 Å². The molecule has 88 valence electrons. The number of oxime groups is 1. The molecule has 0 aromatic heterocycles. The molecule has 16 heavy (non-hydrogen) atoms. The van der Waals surface area contributed by atoms with Crippen molar-refractivity contribution in [3.05, 3.63) is 12.7 Å². The fourth-order valence-corrected chi connectivity index (χ4v) is 2.79. The number of thioether (sulfide) groups is 2. The van der Waals surface area contributed by atoms with Crippen LogP contribution in [0.4, 0.5) is 0 Å². The summed E-state index contributed by atoms with van der Waals surface area (Å²) in [6.45, 7) is 3.61. The Hall–Kier alpha value is -0.950. The molecule has 1 aliphatic heterocycles. The van der Waals surface area contributed by atoms with Gasteiger partial charge in [-0.15, -0.1) is 18.3 Å². The maximum atomic E-state index is 10.7. The van der Waals surface area contributed by atoms with Crippen LogP contribution in [0.1, 0.15) is 0 Å². The molecule has 5 nitrogen and oxygen atoms in total. The van der Waals surface area contributed by atoms with E-state index in [4.69, 9.17) is 9.94 Å². The molecule has 1 N–H and O–H groups in total. The lowest BCUT2D eigenvalue weighted by Crippen LogP contribution is -2.17. The molecular formula is C9H12N2O3S2. The van der Waals surface area contributed by atoms with Crippen LogP contribution in [0.5, 0.6) is 0 Å². The first-order valence-corrected chi connectivity index (χ1v) is 6.44. The zero-order chi connectivity index (χ0) is 12.0. The van der Waals surface area contributed by atoms with E-state index in [1.54, 1.807) is 6.08 Å². The van der Waals surface area contributed by atoms with Crippen molar-refractivity contribution in [2.24, 2.45) is 10.1 Å². The van der Waals surface area contributed by atoms with Gasteiger partial charge in [-0.25, -0.2) is 4.79 Å². The molecule has 0 amide bonds. The zero-order valence-corrected chi connectivity index (χ0v) is 10.4. The van der Waals surface area contributed by atoms with Gasteiger partial charge in [0, 0.05) is 11.5 Å². The standard InChI is InChI=1S/C9H12N2O3S2/c1-3-4-15-8(11-14-2)7-10-6(5-16-7)9(12)13/h3,6H,1,4-5H2,2H3,(H,12,13)/b11-8-/t6-/m1/s1. The highest BCUT2D eigenvalue weighted by atomic mass is 32.2. The fourth-order valence-electron chi connectivity index (χ4n) is 0.965. The highest BCUT2D eigenvalue weighted by Gasteiger charge is 2.27. The van der Waals surface area contributed by atoms with Gasteiger partial charge in [-0.05, 0) is 0 Å².